The minimum Gasteiger partial charge on any atom is -0.493 e. The number of hydrogen-bond acceptors (Lipinski definition) is 9. The van der Waals surface area contributed by atoms with Crippen molar-refractivity contribution in [2.24, 2.45) is 10.7 Å². The zero-order valence-electron chi connectivity index (χ0n) is 19.0. The van der Waals surface area contributed by atoms with Crippen molar-refractivity contribution in [2.75, 3.05) is 14.2 Å². The number of hydrogen-bond donors (Lipinski definition) is 1. The van der Waals surface area contributed by atoms with Gasteiger partial charge in [0.1, 0.15) is 12.1 Å². The Balaban J connectivity index is 1.96. The van der Waals surface area contributed by atoms with Crippen molar-refractivity contribution in [1.82, 2.24) is 14.9 Å². The molecule has 1 aliphatic heterocycles. The topological polar surface area (TPSA) is 137 Å². The Morgan fingerprint density at radius 1 is 1.03 bits per heavy atom. The van der Waals surface area contributed by atoms with Gasteiger partial charge in [0, 0.05) is 30.6 Å². The first kappa shape index (κ1) is 25.8. The number of rotatable bonds is 6. The van der Waals surface area contributed by atoms with E-state index in [1.165, 1.54) is 44.0 Å². The smallest absolute Gasteiger partial charge is 0.493 e. The predicted octanol–water partition coefficient (Wildman–Crippen LogP) is 2.55. The maximum atomic E-state index is 14.8. The van der Waals surface area contributed by atoms with Crippen LogP contribution < -0.4 is 14.7 Å². The van der Waals surface area contributed by atoms with Gasteiger partial charge in [0.05, 0.1) is 7.11 Å². The third-order valence-corrected chi connectivity index (χ3v) is 6.53. The van der Waals surface area contributed by atoms with Gasteiger partial charge in [-0.05, 0) is 35.4 Å². The molecule has 2 heterocycles. The molecule has 0 saturated carbocycles. The number of nitrogens with zero attached hydrogens (tertiary/aromatic N) is 4. The van der Waals surface area contributed by atoms with Crippen LogP contribution in [0.25, 0.3) is 11.1 Å². The van der Waals surface area contributed by atoms with Crippen molar-refractivity contribution in [3.8, 4) is 22.6 Å². The molecule has 0 saturated heterocycles. The molecule has 0 radical (unpaired) electrons. The molecular weight excluding hydrogens is 522 g/mol. The number of carbonyl (C=O) groups is 1. The molecule has 0 aliphatic carbocycles. The minimum absolute atomic E-state index is 0.00164. The van der Waals surface area contributed by atoms with Crippen LogP contribution >= 0.6 is 0 Å². The lowest BCUT2D eigenvalue weighted by Crippen LogP contribution is -2.41. The summed E-state index contributed by atoms with van der Waals surface area (Å²) in [5, 5.41) is 0. The molecule has 0 fully saturated rings. The van der Waals surface area contributed by atoms with Crippen LogP contribution in [0.15, 0.2) is 60.1 Å². The van der Waals surface area contributed by atoms with Gasteiger partial charge in [0.2, 0.25) is 0 Å². The summed E-state index contributed by atoms with van der Waals surface area (Å²) in [6.45, 7) is 0. The van der Waals surface area contributed by atoms with Gasteiger partial charge in [-0.15, -0.1) is 0 Å². The third-order valence-electron chi connectivity index (χ3n) is 5.56. The van der Waals surface area contributed by atoms with E-state index in [4.69, 9.17) is 10.5 Å². The zero-order chi connectivity index (χ0) is 27.2. The summed E-state index contributed by atoms with van der Waals surface area (Å²) in [4.78, 5) is 26.5. The number of aromatic nitrogens is 2. The van der Waals surface area contributed by atoms with Crippen LogP contribution in [-0.2, 0) is 20.5 Å². The summed E-state index contributed by atoms with van der Waals surface area (Å²) in [6, 6.07) is 6.84. The van der Waals surface area contributed by atoms with Crippen molar-refractivity contribution in [3.63, 3.8) is 0 Å². The Hall–Kier alpha value is -4.27. The van der Waals surface area contributed by atoms with Gasteiger partial charge >= 0.3 is 15.6 Å². The SMILES string of the molecule is COc1ccc(C2(c3ccc(F)c(-c4cncnc4)c3)N=C(N)N(C)C2=O)cc1OS(=O)(=O)C(F)(F)F. The van der Waals surface area contributed by atoms with Crippen LogP contribution in [0.4, 0.5) is 17.6 Å². The van der Waals surface area contributed by atoms with Gasteiger partial charge in [0.15, 0.2) is 23.0 Å². The summed E-state index contributed by atoms with van der Waals surface area (Å²) in [5.74, 6) is -2.91. The van der Waals surface area contributed by atoms with E-state index in [2.05, 4.69) is 19.1 Å². The number of methoxy groups -OCH3 is 1. The molecule has 2 aromatic carbocycles. The predicted molar refractivity (Wildman–Crippen MR) is 121 cm³/mol. The number of likely N-dealkylation sites (N-methyl/N-ethyl adjacent to an activating group) is 1. The fourth-order valence-corrected chi connectivity index (χ4v) is 4.19. The number of alkyl halides is 3. The average molecular weight is 539 g/mol. The van der Waals surface area contributed by atoms with Gasteiger partial charge in [0.25, 0.3) is 5.91 Å². The fourth-order valence-electron chi connectivity index (χ4n) is 3.73. The van der Waals surface area contributed by atoms with E-state index in [1.54, 1.807) is 0 Å². The van der Waals surface area contributed by atoms with Gasteiger partial charge in [-0.25, -0.2) is 19.4 Å². The van der Waals surface area contributed by atoms with Crippen LogP contribution in [0, 0.1) is 5.82 Å². The molecular formula is C22H17F4N5O5S. The lowest BCUT2D eigenvalue weighted by molar-refractivity contribution is -0.129. The molecule has 1 unspecified atom stereocenters. The van der Waals surface area contributed by atoms with E-state index < -0.39 is 38.6 Å². The second-order valence-electron chi connectivity index (χ2n) is 7.72. The Bertz CT molecular complexity index is 1520. The maximum Gasteiger partial charge on any atom is 0.534 e. The second kappa shape index (κ2) is 8.99. The molecule has 10 nitrogen and oxygen atoms in total. The number of halogens is 4. The van der Waals surface area contributed by atoms with Crippen LogP contribution in [0.1, 0.15) is 11.1 Å². The van der Waals surface area contributed by atoms with Gasteiger partial charge in [-0.2, -0.15) is 21.6 Å². The van der Waals surface area contributed by atoms with Gasteiger partial charge in [-0.1, -0.05) is 12.1 Å². The van der Waals surface area contributed by atoms with Crippen LogP contribution in [-0.4, -0.2) is 54.8 Å². The van der Waals surface area contributed by atoms with Crippen molar-refractivity contribution >= 4 is 22.0 Å². The lowest BCUT2D eigenvalue weighted by Gasteiger charge is -2.27. The largest absolute Gasteiger partial charge is 0.534 e. The molecule has 0 bridgehead atoms. The van der Waals surface area contributed by atoms with Crippen LogP contribution in [0.5, 0.6) is 11.5 Å². The molecule has 15 heteroatoms. The maximum absolute atomic E-state index is 14.8. The normalized spacial score (nSPS) is 18.1. The first-order valence-electron chi connectivity index (χ1n) is 10.2. The standard InChI is InChI=1S/C22H17F4N5O5S/c1-31-19(32)21(30-20(31)27,13-3-5-16(23)15(7-13)12-9-28-11-29-10-12)14-4-6-17(35-2)18(8-14)36-37(33,34)22(24,25)26/h3-11H,1-2H3,(H2,27,30). The number of aliphatic imine (C=N–C) groups is 1. The van der Waals surface area contributed by atoms with Crippen molar-refractivity contribution in [3.05, 3.63) is 72.1 Å². The lowest BCUT2D eigenvalue weighted by atomic mass is 9.81. The Kier molecular flexibility index (Phi) is 6.27. The molecule has 0 spiro atoms. The second-order valence-corrected chi connectivity index (χ2v) is 9.25. The summed E-state index contributed by atoms with van der Waals surface area (Å²) in [6.07, 6.45) is 3.91. The molecule has 37 heavy (non-hydrogen) atoms. The van der Waals surface area contributed by atoms with Gasteiger partial charge in [-0.3, -0.25) is 9.69 Å². The third kappa shape index (κ3) is 4.30. The number of nitrogens with two attached hydrogens (primary N) is 1. The highest BCUT2D eigenvalue weighted by atomic mass is 32.2. The van der Waals surface area contributed by atoms with Crippen molar-refractivity contribution in [1.29, 1.82) is 0 Å². The monoisotopic (exact) mass is 539 g/mol. The first-order chi connectivity index (χ1) is 17.3. The van der Waals surface area contributed by atoms with Crippen molar-refractivity contribution < 1.29 is 39.7 Å². The number of guanidine groups is 1. The van der Waals surface area contributed by atoms with Crippen LogP contribution in [0.3, 0.4) is 0 Å². The molecule has 194 valence electrons. The highest BCUT2D eigenvalue weighted by molar-refractivity contribution is 7.88. The molecule has 1 atom stereocenters. The summed E-state index contributed by atoms with van der Waals surface area (Å²) in [7, 11) is -3.70. The minimum atomic E-state index is -6.09. The van der Waals surface area contributed by atoms with E-state index >= 15 is 0 Å². The number of benzene rings is 2. The molecule has 4 rings (SSSR count). The highest BCUT2D eigenvalue weighted by Gasteiger charge is 2.51. The Morgan fingerprint density at radius 2 is 1.65 bits per heavy atom. The molecule has 3 aromatic rings. The molecule has 1 aliphatic rings. The average Bonchev–Trinajstić information content (AvgIpc) is 3.08. The first-order valence-corrected chi connectivity index (χ1v) is 11.6. The summed E-state index contributed by atoms with van der Waals surface area (Å²) in [5.41, 5.74) is -1.65. The van der Waals surface area contributed by atoms with Gasteiger partial charge < -0.3 is 14.7 Å². The van der Waals surface area contributed by atoms with E-state index in [1.807, 2.05) is 0 Å². The fraction of sp³-hybridized carbons (Fsp3) is 0.182. The summed E-state index contributed by atoms with van der Waals surface area (Å²) >= 11 is 0. The van der Waals surface area contributed by atoms with E-state index in [9.17, 15) is 30.8 Å². The zero-order valence-corrected chi connectivity index (χ0v) is 19.8. The van der Waals surface area contributed by atoms with Crippen LogP contribution in [0.2, 0.25) is 0 Å². The van der Waals surface area contributed by atoms with Crippen molar-refractivity contribution in [2.45, 2.75) is 11.0 Å². The highest BCUT2D eigenvalue weighted by Crippen LogP contribution is 2.44. The summed E-state index contributed by atoms with van der Waals surface area (Å²) < 4.78 is 86.4. The molecule has 1 aromatic heterocycles. The quantitative estimate of drug-likeness (QED) is 0.287. The number of ether oxygens (including phenoxy) is 1. The Labute approximate surface area is 207 Å². The van der Waals surface area contributed by atoms with E-state index in [0.717, 1.165) is 30.2 Å². The van der Waals surface area contributed by atoms with E-state index in [-0.39, 0.29) is 34.0 Å². The number of carbonyl (C=O) groups excluding carboxylic acids is 1. The van der Waals surface area contributed by atoms with E-state index in [0.29, 0.717) is 0 Å². The Morgan fingerprint density at radius 3 is 2.22 bits per heavy atom. The molecule has 1 amide bonds. The molecule has 2 N–H and O–H groups in total. The number of amides is 1.